The van der Waals surface area contributed by atoms with Crippen molar-refractivity contribution < 1.29 is 17.9 Å². The van der Waals surface area contributed by atoms with E-state index in [0.29, 0.717) is 19.0 Å². The summed E-state index contributed by atoms with van der Waals surface area (Å²) < 4.78 is 33.9. The largest absolute Gasteiger partial charge is 0.381 e. The van der Waals surface area contributed by atoms with Gasteiger partial charge < -0.3 is 20.1 Å². The third-order valence-corrected chi connectivity index (χ3v) is 6.44. The number of hydrogen-bond donors (Lipinski definition) is 2. The Morgan fingerprint density at radius 2 is 1.88 bits per heavy atom. The molecular weight excluding hydrogens is 356 g/mol. The average Bonchev–Trinajstić information content (AvgIpc) is 2.65. The Labute approximate surface area is 157 Å². The topological polar surface area (TPSA) is 92.3 Å². The summed E-state index contributed by atoms with van der Waals surface area (Å²) in [6, 6.07) is 0. The molecular formula is C17H34N4O4S. The standard InChI is InChI=1S/C17H34N4O4S/c1-18-17(20-6-7-21-8-13-26(22,23)14-9-21)19-5-2-10-25-15-16-3-11-24-12-4-16/h16H,2-15H2,1H3,(H2,18,19,20). The predicted octanol–water partition coefficient (Wildman–Crippen LogP) is -0.285. The molecule has 0 saturated carbocycles. The zero-order valence-electron chi connectivity index (χ0n) is 15.9. The Kier molecular flexibility index (Phi) is 9.66. The summed E-state index contributed by atoms with van der Waals surface area (Å²) >= 11 is 0. The molecule has 8 nitrogen and oxygen atoms in total. The molecule has 0 bridgehead atoms. The molecule has 0 unspecified atom stereocenters. The van der Waals surface area contributed by atoms with Gasteiger partial charge >= 0.3 is 0 Å². The first kappa shape index (κ1) is 21.4. The van der Waals surface area contributed by atoms with E-state index in [1.54, 1.807) is 7.05 Å². The van der Waals surface area contributed by atoms with E-state index in [4.69, 9.17) is 9.47 Å². The van der Waals surface area contributed by atoms with Crippen molar-refractivity contribution in [2.75, 3.05) is 77.7 Å². The molecule has 0 amide bonds. The van der Waals surface area contributed by atoms with Crippen LogP contribution in [0.2, 0.25) is 0 Å². The molecule has 2 aliphatic heterocycles. The van der Waals surface area contributed by atoms with Gasteiger partial charge in [-0.05, 0) is 25.2 Å². The van der Waals surface area contributed by atoms with Gasteiger partial charge in [0, 0.05) is 66.2 Å². The molecule has 9 heteroatoms. The van der Waals surface area contributed by atoms with Crippen molar-refractivity contribution in [1.82, 2.24) is 15.5 Å². The van der Waals surface area contributed by atoms with E-state index in [1.807, 2.05) is 0 Å². The maximum Gasteiger partial charge on any atom is 0.191 e. The Morgan fingerprint density at radius 3 is 2.58 bits per heavy atom. The molecule has 26 heavy (non-hydrogen) atoms. The van der Waals surface area contributed by atoms with Crippen LogP contribution in [0.3, 0.4) is 0 Å². The molecule has 0 spiro atoms. The van der Waals surface area contributed by atoms with E-state index < -0.39 is 9.84 Å². The van der Waals surface area contributed by atoms with Gasteiger partial charge in [-0.15, -0.1) is 0 Å². The Balaban J connectivity index is 1.46. The van der Waals surface area contributed by atoms with E-state index in [9.17, 15) is 8.42 Å². The molecule has 0 aromatic rings. The monoisotopic (exact) mass is 390 g/mol. The molecule has 0 aromatic heterocycles. The average molecular weight is 391 g/mol. The fourth-order valence-corrected chi connectivity index (χ4v) is 4.35. The minimum atomic E-state index is -2.81. The quantitative estimate of drug-likeness (QED) is 0.318. The van der Waals surface area contributed by atoms with Crippen LogP contribution >= 0.6 is 0 Å². The summed E-state index contributed by atoms with van der Waals surface area (Å²) in [5, 5.41) is 6.56. The van der Waals surface area contributed by atoms with Gasteiger partial charge in [-0.2, -0.15) is 0 Å². The first-order chi connectivity index (χ1) is 12.6. The van der Waals surface area contributed by atoms with Crippen LogP contribution in [0.25, 0.3) is 0 Å². The van der Waals surface area contributed by atoms with Gasteiger partial charge in [0.05, 0.1) is 11.5 Å². The molecule has 2 fully saturated rings. The fraction of sp³-hybridized carbons (Fsp3) is 0.941. The minimum Gasteiger partial charge on any atom is -0.381 e. The zero-order chi connectivity index (χ0) is 18.7. The van der Waals surface area contributed by atoms with Crippen LogP contribution in [-0.2, 0) is 19.3 Å². The summed E-state index contributed by atoms with van der Waals surface area (Å²) in [7, 11) is -1.05. The summed E-state index contributed by atoms with van der Waals surface area (Å²) in [5.41, 5.74) is 0. The SMILES string of the molecule is CN=C(NCCCOCC1CCOCC1)NCCN1CCS(=O)(=O)CC1. The lowest BCUT2D eigenvalue weighted by Gasteiger charge is -2.26. The second kappa shape index (κ2) is 11.7. The lowest BCUT2D eigenvalue weighted by molar-refractivity contribution is 0.0203. The summed E-state index contributed by atoms with van der Waals surface area (Å²) in [6.07, 6.45) is 3.16. The van der Waals surface area contributed by atoms with Crippen LogP contribution in [0, 0.1) is 5.92 Å². The molecule has 2 N–H and O–H groups in total. The second-order valence-corrected chi connectivity index (χ2v) is 9.21. The van der Waals surface area contributed by atoms with Gasteiger partial charge in [-0.3, -0.25) is 9.89 Å². The van der Waals surface area contributed by atoms with Crippen LogP contribution < -0.4 is 10.6 Å². The Hall–Kier alpha value is -0.900. The van der Waals surface area contributed by atoms with Crippen LogP contribution in [0.5, 0.6) is 0 Å². The zero-order valence-corrected chi connectivity index (χ0v) is 16.7. The third-order valence-electron chi connectivity index (χ3n) is 4.83. The number of sulfone groups is 1. The number of hydrogen-bond acceptors (Lipinski definition) is 6. The van der Waals surface area contributed by atoms with Crippen molar-refractivity contribution in [2.45, 2.75) is 19.3 Å². The number of guanidine groups is 1. The highest BCUT2D eigenvalue weighted by molar-refractivity contribution is 7.91. The van der Waals surface area contributed by atoms with E-state index >= 15 is 0 Å². The van der Waals surface area contributed by atoms with Crippen molar-refractivity contribution in [3.05, 3.63) is 0 Å². The highest BCUT2D eigenvalue weighted by atomic mass is 32.2. The second-order valence-electron chi connectivity index (χ2n) is 6.90. The van der Waals surface area contributed by atoms with Crippen LogP contribution in [-0.4, -0.2) is 97.0 Å². The smallest absolute Gasteiger partial charge is 0.191 e. The normalized spacial score (nSPS) is 22.3. The number of rotatable bonds is 9. The first-order valence-corrected chi connectivity index (χ1v) is 11.4. The Morgan fingerprint density at radius 1 is 1.19 bits per heavy atom. The Bertz CT molecular complexity index is 507. The van der Waals surface area contributed by atoms with E-state index in [0.717, 1.165) is 71.3 Å². The molecule has 0 aromatic carbocycles. The van der Waals surface area contributed by atoms with Gasteiger partial charge in [0.25, 0.3) is 0 Å². The van der Waals surface area contributed by atoms with Crippen LogP contribution in [0.15, 0.2) is 4.99 Å². The molecule has 2 rings (SSSR count). The lowest BCUT2D eigenvalue weighted by atomic mass is 10.0. The molecule has 0 aliphatic carbocycles. The van der Waals surface area contributed by atoms with E-state index in [2.05, 4.69) is 20.5 Å². The molecule has 2 saturated heterocycles. The van der Waals surface area contributed by atoms with Crippen molar-refractivity contribution in [3.63, 3.8) is 0 Å². The van der Waals surface area contributed by atoms with Gasteiger partial charge in [-0.25, -0.2) is 8.42 Å². The maximum atomic E-state index is 11.4. The number of aliphatic imine (C=N–C) groups is 1. The summed E-state index contributed by atoms with van der Waals surface area (Å²) in [6.45, 7) is 6.96. The number of nitrogens with zero attached hydrogens (tertiary/aromatic N) is 2. The minimum absolute atomic E-state index is 0.272. The summed E-state index contributed by atoms with van der Waals surface area (Å²) in [4.78, 5) is 6.38. The van der Waals surface area contributed by atoms with Crippen LogP contribution in [0.1, 0.15) is 19.3 Å². The van der Waals surface area contributed by atoms with Gasteiger partial charge in [0.15, 0.2) is 15.8 Å². The highest BCUT2D eigenvalue weighted by Gasteiger charge is 2.20. The molecule has 2 aliphatic rings. The molecule has 0 atom stereocenters. The van der Waals surface area contributed by atoms with Gasteiger partial charge in [-0.1, -0.05) is 0 Å². The number of nitrogens with one attached hydrogen (secondary N) is 2. The first-order valence-electron chi connectivity index (χ1n) is 9.62. The maximum absolute atomic E-state index is 11.4. The number of ether oxygens (including phenoxy) is 2. The predicted molar refractivity (Wildman–Crippen MR) is 103 cm³/mol. The van der Waals surface area contributed by atoms with Crippen molar-refractivity contribution in [1.29, 1.82) is 0 Å². The van der Waals surface area contributed by atoms with Gasteiger partial charge in [0.1, 0.15) is 0 Å². The molecule has 152 valence electrons. The van der Waals surface area contributed by atoms with E-state index in [1.165, 1.54) is 0 Å². The molecule has 0 radical (unpaired) electrons. The fourth-order valence-electron chi connectivity index (χ4n) is 3.07. The van der Waals surface area contributed by atoms with Gasteiger partial charge in [0.2, 0.25) is 0 Å². The van der Waals surface area contributed by atoms with Crippen molar-refractivity contribution >= 4 is 15.8 Å². The van der Waals surface area contributed by atoms with E-state index in [-0.39, 0.29) is 11.5 Å². The highest BCUT2D eigenvalue weighted by Crippen LogP contribution is 2.14. The van der Waals surface area contributed by atoms with Crippen molar-refractivity contribution in [2.24, 2.45) is 10.9 Å². The van der Waals surface area contributed by atoms with Crippen molar-refractivity contribution in [3.8, 4) is 0 Å². The third kappa shape index (κ3) is 8.66. The van der Waals surface area contributed by atoms with Crippen LogP contribution in [0.4, 0.5) is 0 Å². The summed E-state index contributed by atoms with van der Waals surface area (Å²) in [5.74, 6) is 1.97. The molecule has 2 heterocycles. The lowest BCUT2D eigenvalue weighted by Crippen LogP contribution is -2.46.